The molecule has 5 nitrogen and oxygen atoms in total. The van der Waals surface area contributed by atoms with Crippen LogP contribution in [0.2, 0.25) is 0 Å². The minimum Gasteiger partial charge on any atom is -0.481 e. The van der Waals surface area contributed by atoms with Crippen molar-refractivity contribution in [2.24, 2.45) is 5.92 Å². The summed E-state index contributed by atoms with van der Waals surface area (Å²) in [6, 6.07) is 5.83. The molecule has 1 aromatic carbocycles. The van der Waals surface area contributed by atoms with Crippen molar-refractivity contribution in [3.63, 3.8) is 0 Å². The Morgan fingerprint density at radius 1 is 1.36 bits per heavy atom. The van der Waals surface area contributed by atoms with Crippen LogP contribution in [0.25, 0.3) is 0 Å². The molecule has 0 radical (unpaired) electrons. The zero-order chi connectivity index (χ0) is 18.0. The fourth-order valence-corrected chi connectivity index (χ4v) is 3.66. The number of nitrogens with one attached hydrogen (secondary N) is 1. The van der Waals surface area contributed by atoms with Crippen LogP contribution in [0.3, 0.4) is 0 Å². The zero-order valence-corrected chi connectivity index (χ0v) is 15.4. The van der Waals surface area contributed by atoms with Crippen LogP contribution in [-0.4, -0.2) is 28.9 Å². The summed E-state index contributed by atoms with van der Waals surface area (Å²) in [7, 11) is 0. The van der Waals surface area contributed by atoms with E-state index in [0.29, 0.717) is 6.54 Å². The van der Waals surface area contributed by atoms with Crippen molar-refractivity contribution in [3.05, 3.63) is 23.8 Å². The number of nitrogens with zero attached hydrogens (tertiary/aromatic N) is 1. The van der Waals surface area contributed by atoms with E-state index in [0.717, 1.165) is 49.1 Å². The number of benzene rings is 1. The van der Waals surface area contributed by atoms with Gasteiger partial charge in [-0.05, 0) is 51.3 Å². The molecule has 1 N–H and O–H groups in total. The van der Waals surface area contributed by atoms with Gasteiger partial charge in [0.2, 0.25) is 5.91 Å². The molecule has 1 aliphatic carbocycles. The molecule has 2 atom stereocenters. The smallest absolute Gasteiger partial charge is 0.263 e. The van der Waals surface area contributed by atoms with Crippen LogP contribution < -0.4 is 10.1 Å². The number of ether oxygens (including phenoxy) is 1. The molecule has 1 fully saturated rings. The Labute approximate surface area is 149 Å². The quantitative estimate of drug-likeness (QED) is 0.905. The molecule has 25 heavy (non-hydrogen) atoms. The topological polar surface area (TPSA) is 58.6 Å². The van der Waals surface area contributed by atoms with Crippen LogP contribution in [0.4, 0.5) is 5.69 Å². The van der Waals surface area contributed by atoms with E-state index in [9.17, 15) is 9.59 Å². The van der Waals surface area contributed by atoms with E-state index in [2.05, 4.69) is 19.2 Å². The van der Waals surface area contributed by atoms with Crippen molar-refractivity contribution in [2.75, 3.05) is 5.32 Å². The monoisotopic (exact) mass is 344 g/mol. The third-order valence-corrected chi connectivity index (χ3v) is 5.45. The van der Waals surface area contributed by atoms with Gasteiger partial charge in [0.25, 0.3) is 5.91 Å². The average Bonchev–Trinajstić information content (AvgIpc) is 3.11. The lowest BCUT2D eigenvalue weighted by molar-refractivity contribution is -0.139. The first kappa shape index (κ1) is 17.8. The van der Waals surface area contributed by atoms with Gasteiger partial charge in [0.15, 0.2) is 6.10 Å². The van der Waals surface area contributed by atoms with Gasteiger partial charge in [0.05, 0.1) is 0 Å². The average molecular weight is 344 g/mol. The second-order valence-electron chi connectivity index (χ2n) is 7.28. The molecule has 1 aliphatic heterocycles. The maximum Gasteiger partial charge on any atom is 0.263 e. The molecule has 2 aliphatic rings. The van der Waals surface area contributed by atoms with Gasteiger partial charge in [0, 0.05) is 29.8 Å². The summed E-state index contributed by atoms with van der Waals surface area (Å²) in [5.74, 6) is 0.982. The molecular formula is C20H28N2O3. The molecular weight excluding hydrogens is 316 g/mol. The van der Waals surface area contributed by atoms with E-state index >= 15 is 0 Å². The van der Waals surface area contributed by atoms with Crippen LogP contribution in [0, 0.1) is 5.92 Å². The highest BCUT2D eigenvalue weighted by Gasteiger charge is 2.30. The van der Waals surface area contributed by atoms with E-state index in [1.165, 1.54) is 0 Å². The van der Waals surface area contributed by atoms with Gasteiger partial charge in [-0.15, -0.1) is 0 Å². The molecule has 3 rings (SSSR count). The van der Waals surface area contributed by atoms with Gasteiger partial charge in [0.1, 0.15) is 5.75 Å². The first-order valence-electron chi connectivity index (χ1n) is 9.40. The van der Waals surface area contributed by atoms with Gasteiger partial charge in [-0.25, -0.2) is 0 Å². The second-order valence-corrected chi connectivity index (χ2v) is 7.28. The van der Waals surface area contributed by atoms with Gasteiger partial charge >= 0.3 is 0 Å². The van der Waals surface area contributed by atoms with Crippen LogP contribution in [0.1, 0.15) is 58.4 Å². The fourth-order valence-electron chi connectivity index (χ4n) is 3.66. The van der Waals surface area contributed by atoms with Crippen LogP contribution in [0.15, 0.2) is 18.2 Å². The lowest BCUT2D eigenvalue weighted by atomic mass is 10.1. The number of hydrogen-bond donors (Lipinski definition) is 1. The summed E-state index contributed by atoms with van der Waals surface area (Å²) in [5.41, 5.74) is 1.73. The largest absolute Gasteiger partial charge is 0.481 e. The summed E-state index contributed by atoms with van der Waals surface area (Å²) in [5, 5.41) is 3.04. The van der Waals surface area contributed by atoms with Crippen LogP contribution in [-0.2, 0) is 16.1 Å². The third kappa shape index (κ3) is 3.80. The number of anilines is 1. The highest BCUT2D eigenvalue weighted by Crippen LogP contribution is 2.31. The fraction of sp³-hybridized carbons (Fsp3) is 0.600. The number of fused-ring (bicyclic) bond motifs is 1. The molecule has 1 aromatic rings. The van der Waals surface area contributed by atoms with E-state index < -0.39 is 6.10 Å². The molecule has 1 saturated carbocycles. The van der Waals surface area contributed by atoms with E-state index in [4.69, 9.17) is 4.74 Å². The number of carbonyl (C=O) groups excluding carboxylic acids is 2. The summed E-state index contributed by atoms with van der Waals surface area (Å²) >= 11 is 0. The molecule has 5 heteroatoms. The number of carbonyl (C=O) groups is 2. The lowest BCUT2D eigenvalue weighted by Gasteiger charge is -2.28. The highest BCUT2D eigenvalue weighted by molar-refractivity contribution is 5.93. The molecule has 1 heterocycles. The van der Waals surface area contributed by atoms with Gasteiger partial charge in [-0.1, -0.05) is 19.8 Å². The Kier molecular flexibility index (Phi) is 5.30. The normalized spacial score (nSPS) is 22.1. The Morgan fingerprint density at radius 3 is 2.76 bits per heavy atom. The molecule has 0 aromatic heterocycles. The van der Waals surface area contributed by atoms with Crippen molar-refractivity contribution in [1.82, 2.24) is 4.90 Å². The Hall–Kier alpha value is -2.04. The molecule has 136 valence electrons. The first-order chi connectivity index (χ1) is 12.0. The van der Waals surface area contributed by atoms with Crippen molar-refractivity contribution in [2.45, 2.75) is 71.6 Å². The van der Waals surface area contributed by atoms with Gasteiger partial charge in [-0.3, -0.25) is 9.59 Å². The SMILES string of the molecule is CC[C@H](C)N1Cc2cc(NC(=O)C3CCCC3)ccc2O[C@@H](C)C1=O. The van der Waals surface area contributed by atoms with Gasteiger partial charge < -0.3 is 15.0 Å². The zero-order valence-electron chi connectivity index (χ0n) is 15.4. The second kappa shape index (κ2) is 7.46. The summed E-state index contributed by atoms with van der Waals surface area (Å²) < 4.78 is 5.85. The molecule has 0 unspecified atom stereocenters. The standard InChI is InChI=1S/C20H28N2O3/c1-4-13(2)22-12-16-11-17(21-19(23)15-7-5-6-8-15)9-10-18(16)25-14(3)20(22)24/h9-11,13-15H,4-8,12H2,1-3H3,(H,21,23)/t13-,14-/m0/s1. The number of amides is 2. The number of rotatable bonds is 4. The highest BCUT2D eigenvalue weighted by atomic mass is 16.5. The molecule has 0 bridgehead atoms. The molecule has 0 saturated heterocycles. The Balaban J connectivity index is 1.81. The minimum absolute atomic E-state index is 0.0158. The first-order valence-corrected chi connectivity index (χ1v) is 9.40. The van der Waals surface area contributed by atoms with Crippen LogP contribution >= 0.6 is 0 Å². The number of hydrogen-bond acceptors (Lipinski definition) is 3. The molecule has 0 spiro atoms. The van der Waals surface area contributed by atoms with Crippen molar-refractivity contribution < 1.29 is 14.3 Å². The van der Waals surface area contributed by atoms with E-state index in [1.54, 1.807) is 6.92 Å². The van der Waals surface area contributed by atoms with Gasteiger partial charge in [-0.2, -0.15) is 0 Å². The predicted octanol–water partition coefficient (Wildman–Crippen LogP) is 3.72. The Bertz CT molecular complexity index is 652. The molecule has 2 amide bonds. The maximum atomic E-state index is 12.6. The maximum absolute atomic E-state index is 12.6. The minimum atomic E-state index is -0.492. The van der Waals surface area contributed by atoms with Crippen molar-refractivity contribution in [1.29, 1.82) is 0 Å². The predicted molar refractivity (Wildman–Crippen MR) is 97.4 cm³/mol. The van der Waals surface area contributed by atoms with Crippen molar-refractivity contribution in [3.8, 4) is 5.75 Å². The van der Waals surface area contributed by atoms with Crippen LogP contribution in [0.5, 0.6) is 5.75 Å². The summed E-state index contributed by atoms with van der Waals surface area (Å²) in [6.07, 6.45) is 4.64. The van der Waals surface area contributed by atoms with E-state index in [-0.39, 0.29) is 23.8 Å². The van der Waals surface area contributed by atoms with E-state index in [1.807, 2.05) is 23.1 Å². The lowest BCUT2D eigenvalue weighted by Crippen LogP contribution is -2.42. The summed E-state index contributed by atoms with van der Waals surface area (Å²) in [4.78, 5) is 26.8. The third-order valence-electron chi connectivity index (χ3n) is 5.45. The Morgan fingerprint density at radius 2 is 2.08 bits per heavy atom. The summed E-state index contributed by atoms with van der Waals surface area (Å²) in [6.45, 7) is 6.44. The van der Waals surface area contributed by atoms with Crippen molar-refractivity contribution >= 4 is 17.5 Å².